The molecular weight excluding hydrogens is 973 g/mol. The van der Waals surface area contributed by atoms with E-state index in [0.717, 1.165) is 109 Å². The zero-order valence-electron chi connectivity index (χ0n) is 51.9. The van der Waals surface area contributed by atoms with E-state index < -0.39 is 6.10 Å². The van der Waals surface area contributed by atoms with Gasteiger partial charge >= 0.3 is 17.9 Å². The van der Waals surface area contributed by atoms with Crippen LogP contribution in [0.3, 0.4) is 0 Å². The molecule has 0 bridgehead atoms. The number of hydrogen-bond donors (Lipinski definition) is 0. The molecule has 0 saturated carbocycles. The summed E-state index contributed by atoms with van der Waals surface area (Å²) >= 11 is 0. The van der Waals surface area contributed by atoms with Crippen LogP contribution in [0.5, 0.6) is 0 Å². The van der Waals surface area contributed by atoms with E-state index in [-0.39, 0.29) is 31.1 Å². The minimum atomic E-state index is -0.780. The van der Waals surface area contributed by atoms with Crippen LogP contribution >= 0.6 is 0 Å². The van der Waals surface area contributed by atoms with Gasteiger partial charge in [-0.15, -0.1) is 0 Å². The lowest BCUT2D eigenvalue weighted by atomic mass is 10.0. The Kier molecular flexibility index (Phi) is 63.3. The lowest BCUT2D eigenvalue weighted by Crippen LogP contribution is -2.30. The summed E-state index contributed by atoms with van der Waals surface area (Å²) in [5, 5.41) is 0. The van der Waals surface area contributed by atoms with Crippen LogP contribution < -0.4 is 0 Å². The molecule has 0 spiro atoms. The van der Waals surface area contributed by atoms with Crippen LogP contribution in [0.25, 0.3) is 0 Å². The number of carbonyl (C=O) groups excluding carboxylic acids is 3. The van der Waals surface area contributed by atoms with Gasteiger partial charge in [-0.25, -0.2) is 0 Å². The smallest absolute Gasteiger partial charge is 0.306 e. The highest BCUT2D eigenvalue weighted by Gasteiger charge is 2.19. The Labute approximate surface area is 489 Å². The average Bonchev–Trinajstić information content (AvgIpc) is 3.45. The first-order valence-electron chi connectivity index (χ1n) is 33.4. The third-order valence-electron chi connectivity index (χ3n) is 14.3. The molecule has 452 valence electrons. The van der Waals surface area contributed by atoms with Gasteiger partial charge in [-0.1, -0.05) is 297 Å². The number of esters is 3. The zero-order chi connectivity index (χ0) is 57.1. The Morgan fingerprint density at radius 1 is 0.266 bits per heavy atom. The molecule has 0 N–H and O–H groups in total. The molecule has 0 aliphatic carbocycles. The zero-order valence-corrected chi connectivity index (χ0v) is 51.9. The summed E-state index contributed by atoms with van der Waals surface area (Å²) < 4.78 is 16.9. The molecular formula is C73H124O6. The summed E-state index contributed by atoms with van der Waals surface area (Å²) in [6.45, 7) is 6.49. The van der Waals surface area contributed by atoms with Gasteiger partial charge in [0.15, 0.2) is 6.10 Å². The summed E-state index contributed by atoms with van der Waals surface area (Å²) in [6, 6.07) is 0. The molecule has 1 atom stereocenters. The fraction of sp³-hybridized carbons (Fsp3) is 0.712. The maximum Gasteiger partial charge on any atom is 0.306 e. The summed E-state index contributed by atoms with van der Waals surface area (Å²) in [5.41, 5.74) is 0. The van der Waals surface area contributed by atoms with Crippen LogP contribution in [-0.4, -0.2) is 37.2 Å². The monoisotopic (exact) mass is 1100 g/mol. The summed E-state index contributed by atoms with van der Waals surface area (Å²) in [5.74, 6) is -0.884. The molecule has 0 aliphatic rings. The second-order valence-electron chi connectivity index (χ2n) is 22.0. The van der Waals surface area contributed by atoms with Crippen molar-refractivity contribution in [2.75, 3.05) is 13.2 Å². The van der Waals surface area contributed by atoms with Crippen molar-refractivity contribution in [2.45, 2.75) is 322 Å². The first-order valence-corrected chi connectivity index (χ1v) is 33.4. The Morgan fingerprint density at radius 2 is 0.494 bits per heavy atom. The van der Waals surface area contributed by atoms with Crippen molar-refractivity contribution in [3.05, 3.63) is 109 Å². The third-order valence-corrected chi connectivity index (χ3v) is 14.3. The molecule has 0 aromatic carbocycles. The Hall–Kier alpha value is -3.93. The summed E-state index contributed by atoms with van der Waals surface area (Å²) in [7, 11) is 0. The van der Waals surface area contributed by atoms with Gasteiger partial charge in [0.25, 0.3) is 0 Å². The Balaban J connectivity index is 4.11. The second kappa shape index (κ2) is 66.6. The molecule has 0 rings (SSSR count). The van der Waals surface area contributed by atoms with Crippen molar-refractivity contribution < 1.29 is 28.6 Å². The number of rotatable bonds is 60. The van der Waals surface area contributed by atoms with Crippen LogP contribution in [0.15, 0.2) is 109 Å². The van der Waals surface area contributed by atoms with Crippen molar-refractivity contribution in [3.63, 3.8) is 0 Å². The number of unbranched alkanes of at least 4 members (excludes halogenated alkanes) is 31. The van der Waals surface area contributed by atoms with E-state index in [9.17, 15) is 14.4 Å². The van der Waals surface area contributed by atoms with Gasteiger partial charge in [0.1, 0.15) is 13.2 Å². The molecule has 0 heterocycles. The summed E-state index contributed by atoms with van der Waals surface area (Å²) in [4.78, 5) is 38.1. The van der Waals surface area contributed by atoms with Gasteiger partial charge in [-0.3, -0.25) is 14.4 Å². The van der Waals surface area contributed by atoms with E-state index in [0.29, 0.717) is 19.3 Å². The van der Waals surface area contributed by atoms with Crippen molar-refractivity contribution in [3.8, 4) is 0 Å². The van der Waals surface area contributed by atoms with Crippen LogP contribution in [0.2, 0.25) is 0 Å². The average molecular weight is 1100 g/mol. The standard InChI is InChI=1S/C73H124O6/c1-4-7-10-13-16-18-20-22-24-26-28-30-31-32-33-34-35-36-37-38-39-40-41-43-44-46-48-50-52-54-57-60-63-66-72(75)78-69-70(68-77-71(74)65-62-59-56-15-12-9-6-3)79-73(76)67-64-61-58-55-53-51-49-47-45-42-29-27-25-23-21-19-17-14-11-8-5-2/h7,10,16,18,21-24,27-30,32-33,35-36,38-39,70H,4-6,8-9,11-15,17,19-20,25-26,31,34,37,40-69H2,1-3H3/b10-7-,18-16-,23-21-,24-22-,29-27-,30-28-,33-32-,36-35-,39-38-. The predicted molar refractivity (Wildman–Crippen MR) is 343 cm³/mol. The lowest BCUT2D eigenvalue weighted by molar-refractivity contribution is -0.167. The van der Waals surface area contributed by atoms with Crippen molar-refractivity contribution in [2.24, 2.45) is 0 Å². The molecule has 0 aromatic rings. The predicted octanol–water partition coefficient (Wildman–Crippen LogP) is 23.0. The SMILES string of the molecule is CC/C=C\C/C=C\C/C=C\C/C=C\C/C=C\C/C=C\C/C=C\CCCCCCCCCCCCCC(=O)OCC(COC(=O)CCCCCCCCC)OC(=O)CCCCCCCCCCC/C=C\C/C=C\CCCCCCC. The number of hydrogen-bond acceptors (Lipinski definition) is 6. The molecule has 0 aromatic heterocycles. The van der Waals surface area contributed by atoms with Gasteiger partial charge in [-0.2, -0.15) is 0 Å². The van der Waals surface area contributed by atoms with E-state index in [1.165, 1.54) is 167 Å². The molecule has 79 heavy (non-hydrogen) atoms. The molecule has 1 unspecified atom stereocenters. The minimum Gasteiger partial charge on any atom is -0.462 e. The normalized spacial score (nSPS) is 12.8. The van der Waals surface area contributed by atoms with E-state index >= 15 is 0 Å². The molecule has 6 nitrogen and oxygen atoms in total. The highest BCUT2D eigenvalue weighted by atomic mass is 16.6. The molecule has 0 amide bonds. The fourth-order valence-corrected chi connectivity index (χ4v) is 9.28. The Morgan fingerprint density at radius 3 is 0.772 bits per heavy atom. The molecule has 0 fully saturated rings. The topological polar surface area (TPSA) is 78.9 Å². The molecule has 0 radical (unpaired) electrons. The Bertz CT molecular complexity index is 1590. The quantitative estimate of drug-likeness (QED) is 0.0261. The van der Waals surface area contributed by atoms with E-state index in [4.69, 9.17) is 14.2 Å². The van der Waals surface area contributed by atoms with Gasteiger partial charge in [0.05, 0.1) is 0 Å². The van der Waals surface area contributed by atoms with Gasteiger partial charge in [0.2, 0.25) is 0 Å². The van der Waals surface area contributed by atoms with Gasteiger partial charge in [0, 0.05) is 19.3 Å². The highest BCUT2D eigenvalue weighted by Crippen LogP contribution is 2.16. The lowest BCUT2D eigenvalue weighted by Gasteiger charge is -2.18. The van der Waals surface area contributed by atoms with E-state index in [1.54, 1.807) is 0 Å². The maximum absolute atomic E-state index is 12.9. The van der Waals surface area contributed by atoms with E-state index in [1.807, 2.05) is 0 Å². The van der Waals surface area contributed by atoms with Crippen LogP contribution in [-0.2, 0) is 28.6 Å². The first kappa shape index (κ1) is 75.1. The largest absolute Gasteiger partial charge is 0.462 e. The first-order chi connectivity index (χ1) is 39.0. The molecule has 0 aliphatic heterocycles. The minimum absolute atomic E-state index is 0.0784. The van der Waals surface area contributed by atoms with Crippen molar-refractivity contribution in [1.82, 2.24) is 0 Å². The van der Waals surface area contributed by atoms with Crippen molar-refractivity contribution >= 4 is 17.9 Å². The molecule has 0 saturated heterocycles. The van der Waals surface area contributed by atoms with Crippen LogP contribution in [0.1, 0.15) is 316 Å². The third kappa shape index (κ3) is 64.8. The van der Waals surface area contributed by atoms with Crippen molar-refractivity contribution in [1.29, 1.82) is 0 Å². The number of carbonyl (C=O) groups is 3. The van der Waals surface area contributed by atoms with Crippen LogP contribution in [0.4, 0.5) is 0 Å². The van der Waals surface area contributed by atoms with E-state index in [2.05, 4.69) is 130 Å². The summed E-state index contributed by atoms with van der Waals surface area (Å²) in [6.07, 6.45) is 91.3. The second-order valence-corrected chi connectivity index (χ2v) is 22.0. The maximum atomic E-state index is 12.9. The van der Waals surface area contributed by atoms with Gasteiger partial charge in [-0.05, 0) is 109 Å². The molecule has 6 heteroatoms. The fourth-order valence-electron chi connectivity index (χ4n) is 9.28. The highest BCUT2D eigenvalue weighted by molar-refractivity contribution is 5.71. The number of allylic oxidation sites excluding steroid dienone is 18. The van der Waals surface area contributed by atoms with Gasteiger partial charge < -0.3 is 14.2 Å². The number of ether oxygens (including phenoxy) is 3. The van der Waals surface area contributed by atoms with Crippen LogP contribution in [0, 0.1) is 0 Å².